The van der Waals surface area contributed by atoms with E-state index < -0.39 is 17.1 Å². The first-order chi connectivity index (χ1) is 7.88. The predicted octanol–water partition coefficient (Wildman–Crippen LogP) is 1.12. The number of hydrogen-bond donors (Lipinski definition) is 3. The van der Waals surface area contributed by atoms with Gasteiger partial charge >= 0.3 is 0 Å². The summed E-state index contributed by atoms with van der Waals surface area (Å²) >= 11 is 5.41. The van der Waals surface area contributed by atoms with E-state index in [2.05, 4.69) is 0 Å². The molecule has 94 valence electrons. The SMILES string of the molecule is Cc1cc([N+](=O)[O-])cc(C(O)C(O)CCl)c1N. The summed E-state index contributed by atoms with van der Waals surface area (Å²) in [5.41, 5.74) is 6.32. The number of benzene rings is 1. The Hall–Kier alpha value is -1.37. The zero-order valence-electron chi connectivity index (χ0n) is 9.13. The van der Waals surface area contributed by atoms with E-state index in [0.717, 1.165) is 6.07 Å². The van der Waals surface area contributed by atoms with Gasteiger partial charge in [0, 0.05) is 23.4 Å². The molecule has 0 radical (unpaired) electrons. The standard InChI is InChI=1S/C10H13ClN2O4/c1-5-2-6(13(16)17)3-7(9(5)12)10(15)8(14)4-11/h2-3,8,10,14-15H,4,12H2,1H3. The number of nitrogen functional groups attached to an aromatic ring is 1. The molecule has 2 unspecified atom stereocenters. The fourth-order valence-electron chi connectivity index (χ4n) is 1.45. The van der Waals surface area contributed by atoms with Crippen LogP contribution in [0.5, 0.6) is 0 Å². The lowest BCUT2D eigenvalue weighted by Crippen LogP contribution is -2.21. The van der Waals surface area contributed by atoms with Gasteiger partial charge < -0.3 is 15.9 Å². The zero-order valence-corrected chi connectivity index (χ0v) is 9.89. The molecule has 1 rings (SSSR count). The van der Waals surface area contributed by atoms with Crippen molar-refractivity contribution >= 4 is 23.0 Å². The monoisotopic (exact) mass is 260 g/mol. The van der Waals surface area contributed by atoms with Crippen LogP contribution in [0, 0.1) is 17.0 Å². The molecule has 1 aromatic carbocycles. The van der Waals surface area contributed by atoms with Crippen molar-refractivity contribution in [2.45, 2.75) is 19.1 Å². The van der Waals surface area contributed by atoms with Crippen LogP contribution in [0.1, 0.15) is 17.2 Å². The number of non-ortho nitro benzene ring substituents is 1. The summed E-state index contributed by atoms with van der Waals surface area (Å²) in [7, 11) is 0. The first kappa shape index (κ1) is 13.7. The lowest BCUT2D eigenvalue weighted by molar-refractivity contribution is -0.385. The number of anilines is 1. The van der Waals surface area contributed by atoms with Crippen molar-refractivity contribution in [2.75, 3.05) is 11.6 Å². The Morgan fingerprint density at radius 1 is 1.53 bits per heavy atom. The molecule has 0 amide bonds. The first-order valence-corrected chi connectivity index (χ1v) is 5.38. The van der Waals surface area contributed by atoms with Gasteiger partial charge in [-0.25, -0.2) is 0 Å². The normalized spacial score (nSPS) is 14.4. The van der Waals surface area contributed by atoms with E-state index in [-0.39, 0.29) is 22.8 Å². The molecule has 0 spiro atoms. The molecule has 7 heteroatoms. The second-order valence-corrected chi connectivity index (χ2v) is 4.00. The number of nitrogens with zero attached hydrogens (tertiary/aromatic N) is 1. The number of rotatable bonds is 4. The van der Waals surface area contributed by atoms with Crippen molar-refractivity contribution in [1.29, 1.82) is 0 Å². The molecule has 0 aliphatic carbocycles. The molecular formula is C10H13ClN2O4. The number of halogens is 1. The van der Waals surface area contributed by atoms with Crippen molar-refractivity contribution in [3.8, 4) is 0 Å². The minimum absolute atomic E-state index is 0.116. The summed E-state index contributed by atoms with van der Waals surface area (Å²) < 4.78 is 0. The lowest BCUT2D eigenvalue weighted by atomic mass is 9.99. The summed E-state index contributed by atoms with van der Waals surface area (Å²) in [4.78, 5) is 10.1. The Morgan fingerprint density at radius 3 is 2.59 bits per heavy atom. The van der Waals surface area contributed by atoms with Crippen LogP contribution in [0.2, 0.25) is 0 Å². The number of nitrogens with two attached hydrogens (primary N) is 1. The number of nitro groups is 1. The third kappa shape index (κ3) is 2.85. The molecule has 0 saturated heterocycles. The Morgan fingerprint density at radius 2 is 2.12 bits per heavy atom. The molecular weight excluding hydrogens is 248 g/mol. The molecule has 2 atom stereocenters. The Labute approximate surface area is 103 Å². The maximum absolute atomic E-state index is 10.7. The van der Waals surface area contributed by atoms with Crippen LogP contribution in [-0.2, 0) is 0 Å². The lowest BCUT2D eigenvalue weighted by Gasteiger charge is -2.18. The summed E-state index contributed by atoms with van der Waals surface area (Å²) in [6.07, 6.45) is -2.56. The van der Waals surface area contributed by atoms with Gasteiger partial charge in [-0.3, -0.25) is 10.1 Å². The van der Waals surface area contributed by atoms with Crippen LogP contribution < -0.4 is 5.73 Å². The number of aliphatic hydroxyl groups is 2. The minimum Gasteiger partial charge on any atom is -0.398 e. The average Bonchev–Trinajstić information content (AvgIpc) is 2.30. The van der Waals surface area contributed by atoms with Crippen LogP contribution in [0.4, 0.5) is 11.4 Å². The molecule has 0 heterocycles. The maximum atomic E-state index is 10.7. The number of nitro benzene ring substituents is 1. The smallest absolute Gasteiger partial charge is 0.270 e. The molecule has 0 bridgehead atoms. The van der Waals surface area contributed by atoms with Crippen LogP contribution in [0.25, 0.3) is 0 Å². The summed E-state index contributed by atoms with van der Waals surface area (Å²) in [6.45, 7) is 1.59. The second kappa shape index (κ2) is 5.31. The molecule has 17 heavy (non-hydrogen) atoms. The number of aryl methyl sites for hydroxylation is 1. The third-order valence-electron chi connectivity index (χ3n) is 2.46. The molecule has 0 aromatic heterocycles. The Bertz CT molecular complexity index is 439. The van der Waals surface area contributed by atoms with E-state index in [1.165, 1.54) is 6.07 Å². The van der Waals surface area contributed by atoms with Gasteiger partial charge in [-0.05, 0) is 12.5 Å². The van der Waals surface area contributed by atoms with E-state index in [1.807, 2.05) is 0 Å². The van der Waals surface area contributed by atoms with Gasteiger partial charge in [-0.15, -0.1) is 11.6 Å². The van der Waals surface area contributed by atoms with Gasteiger partial charge in [-0.2, -0.15) is 0 Å². The highest BCUT2D eigenvalue weighted by atomic mass is 35.5. The average molecular weight is 261 g/mol. The highest BCUT2D eigenvalue weighted by Crippen LogP contribution is 2.30. The van der Waals surface area contributed by atoms with Gasteiger partial charge in [0.05, 0.1) is 16.9 Å². The van der Waals surface area contributed by atoms with Crippen molar-refractivity contribution in [3.63, 3.8) is 0 Å². The summed E-state index contributed by atoms with van der Waals surface area (Å²) in [6, 6.07) is 2.45. The van der Waals surface area contributed by atoms with Crippen molar-refractivity contribution in [1.82, 2.24) is 0 Å². The van der Waals surface area contributed by atoms with E-state index >= 15 is 0 Å². The number of alkyl halides is 1. The first-order valence-electron chi connectivity index (χ1n) is 4.85. The molecule has 0 aliphatic rings. The van der Waals surface area contributed by atoms with Crippen LogP contribution in [0.15, 0.2) is 12.1 Å². The maximum Gasteiger partial charge on any atom is 0.270 e. The number of hydrogen-bond acceptors (Lipinski definition) is 5. The molecule has 6 nitrogen and oxygen atoms in total. The van der Waals surface area contributed by atoms with E-state index in [4.69, 9.17) is 17.3 Å². The molecule has 0 fully saturated rings. The highest BCUT2D eigenvalue weighted by molar-refractivity contribution is 6.18. The topological polar surface area (TPSA) is 110 Å². The zero-order chi connectivity index (χ0) is 13.2. The van der Waals surface area contributed by atoms with Crippen LogP contribution in [-0.4, -0.2) is 27.1 Å². The minimum atomic E-state index is -1.34. The van der Waals surface area contributed by atoms with E-state index in [1.54, 1.807) is 6.92 Å². The third-order valence-corrected chi connectivity index (χ3v) is 2.77. The second-order valence-electron chi connectivity index (χ2n) is 3.69. The quantitative estimate of drug-likeness (QED) is 0.325. The van der Waals surface area contributed by atoms with Gasteiger partial charge in [0.2, 0.25) is 0 Å². The summed E-state index contributed by atoms with van der Waals surface area (Å²) in [5.74, 6) is -0.192. The largest absolute Gasteiger partial charge is 0.398 e. The highest BCUT2D eigenvalue weighted by Gasteiger charge is 2.23. The summed E-state index contributed by atoms with van der Waals surface area (Å²) in [5, 5.41) is 29.9. The van der Waals surface area contributed by atoms with Crippen molar-refractivity contribution in [3.05, 3.63) is 33.4 Å². The number of aliphatic hydroxyl groups excluding tert-OH is 2. The van der Waals surface area contributed by atoms with Gasteiger partial charge in [0.1, 0.15) is 6.10 Å². The Balaban J connectivity index is 3.27. The van der Waals surface area contributed by atoms with Crippen LogP contribution in [0.3, 0.4) is 0 Å². The fraction of sp³-hybridized carbons (Fsp3) is 0.400. The van der Waals surface area contributed by atoms with E-state index in [0.29, 0.717) is 5.56 Å². The molecule has 0 aliphatic heterocycles. The van der Waals surface area contributed by atoms with Crippen LogP contribution >= 0.6 is 11.6 Å². The molecule has 4 N–H and O–H groups in total. The van der Waals surface area contributed by atoms with Gasteiger partial charge in [0.15, 0.2) is 0 Å². The molecule has 1 aromatic rings. The van der Waals surface area contributed by atoms with Crippen molar-refractivity contribution < 1.29 is 15.1 Å². The predicted molar refractivity (Wildman–Crippen MR) is 63.9 cm³/mol. The van der Waals surface area contributed by atoms with Crippen molar-refractivity contribution in [2.24, 2.45) is 0 Å². The van der Waals surface area contributed by atoms with Gasteiger partial charge in [0.25, 0.3) is 5.69 Å². The molecule has 0 saturated carbocycles. The Kier molecular flexibility index (Phi) is 4.28. The van der Waals surface area contributed by atoms with E-state index in [9.17, 15) is 20.3 Å². The fourth-order valence-corrected chi connectivity index (χ4v) is 1.62. The van der Waals surface area contributed by atoms with Gasteiger partial charge in [-0.1, -0.05) is 0 Å².